The Kier molecular flexibility index (Phi) is 6.99. The molecule has 2 unspecified atom stereocenters. The Morgan fingerprint density at radius 2 is 1.95 bits per heavy atom. The number of ether oxygens (including phenoxy) is 1. The molecule has 0 heterocycles. The zero-order valence-electron chi connectivity index (χ0n) is 11.7. The van der Waals surface area contributed by atoms with E-state index in [0.29, 0.717) is 15.5 Å². The molecule has 20 heavy (non-hydrogen) atoms. The molecule has 1 rings (SSSR count). The molecule has 0 spiro atoms. The van der Waals surface area contributed by atoms with Crippen LogP contribution >= 0.6 is 31.9 Å². The Morgan fingerprint density at radius 3 is 2.40 bits per heavy atom. The number of methoxy groups -OCH3 is 1. The Balaban J connectivity index is 2.80. The summed E-state index contributed by atoms with van der Waals surface area (Å²) in [5.74, 6) is 0.0999. The van der Waals surface area contributed by atoms with Crippen LogP contribution in [0, 0.1) is 5.92 Å². The van der Waals surface area contributed by atoms with Crippen molar-refractivity contribution in [2.24, 2.45) is 5.92 Å². The molecule has 2 N–H and O–H groups in total. The molecular formula is C14H19Br2NO3. The molecule has 0 aliphatic heterocycles. The standard InChI is InChI=1S/C14H19Br2NO3/c1-4-8(2)12(14(19)20-3)17-7-9-5-10(15)13(18)11(16)6-9/h5-6,8,12,17-18H,4,7H2,1-3H3. The first-order valence-corrected chi connectivity index (χ1v) is 7.97. The van der Waals surface area contributed by atoms with Crippen LogP contribution in [0.3, 0.4) is 0 Å². The molecule has 0 aliphatic carbocycles. The zero-order chi connectivity index (χ0) is 15.3. The second-order valence-electron chi connectivity index (χ2n) is 4.68. The highest BCUT2D eigenvalue weighted by Crippen LogP contribution is 2.33. The van der Waals surface area contributed by atoms with Crippen molar-refractivity contribution in [2.45, 2.75) is 32.9 Å². The number of carbonyl (C=O) groups is 1. The van der Waals surface area contributed by atoms with Crippen LogP contribution in [-0.2, 0) is 16.1 Å². The van der Waals surface area contributed by atoms with E-state index in [0.717, 1.165) is 12.0 Å². The SMILES string of the molecule is CCC(C)C(NCc1cc(Br)c(O)c(Br)c1)C(=O)OC. The minimum atomic E-state index is -0.337. The molecule has 6 heteroatoms. The van der Waals surface area contributed by atoms with E-state index >= 15 is 0 Å². The lowest BCUT2D eigenvalue weighted by atomic mass is 9.99. The first-order chi connectivity index (χ1) is 9.40. The molecule has 1 aromatic carbocycles. The minimum absolute atomic E-state index is 0.167. The third-order valence-electron chi connectivity index (χ3n) is 3.27. The number of phenols is 1. The van der Waals surface area contributed by atoms with Gasteiger partial charge in [0.05, 0.1) is 16.1 Å². The Labute approximate surface area is 136 Å². The molecule has 0 saturated carbocycles. The van der Waals surface area contributed by atoms with Crippen LogP contribution in [0.5, 0.6) is 5.75 Å². The number of benzene rings is 1. The monoisotopic (exact) mass is 407 g/mol. The zero-order valence-corrected chi connectivity index (χ0v) is 14.9. The average Bonchev–Trinajstić information content (AvgIpc) is 2.43. The van der Waals surface area contributed by atoms with Crippen molar-refractivity contribution in [2.75, 3.05) is 7.11 Å². The number of rotatable bonds is 6. The third kappa shape index (κ3) is 4.46. The van der Waals surface area contributed by atoms with Crippen LogP contribution in [0.1, 0.15) is 25.8 Å². The topological polar surface area (TPSA) is 58.6 Å². The van der Waals surface area contributed by atoms with E-state index in [1.807, 2.05) is 26.0 Å². The van der Waals surface area contributed by atoms with Gasteiger partial charge in [-0.3, -0.25) is 4.79 Å². The van der Waals surface area contributed by atoms with Gasteiger partial charge in [-0.25, -0.2) is 0 Å². The molecule has 4 nitrogen and oxygen atoms in total. The Morgan fingerprint density at radius 1 is 1.40 bits per heavy atom. The van der Waals surface area contributed by atoms with Gasteiger partial charge in [-0.05, 0) is 55.5 Å². The van der Waals surface area contributed by atoms with Crippen molar-refractivity contribution in [1.29, 1.82) is 0 Å². The van der Waals surface area contributed by atoms with Crippen LogP contribution < -0.4 is 5.32 Å². The van der Waals surface area contributed by atoms with E-state index in [4.69, 9.17) is 4.74 Å². The van der Waals surface area contributed by atoms with Crippen LogP contribution in [-0.4, -0.2) is 24.2 Å². The maximum Gasteiger partial charge on any atom is 0.323 e. The van der Waals surface area contributed by atoms with Gasteiger partial charge in [-0.2, -0.15) is 0 Å². The molecule has 0 radical (unpaired) electrons. The lowest BCUT2D eigenvalue weighted by Gasteiger charge is -2.22. The Hall–Kier alpha value is -0.590. The molecule has 1 aromatic rings. The summed E-state index contributed by atoms with van der Waals surface area (Å²) in [7, 11) is 1.40. The fourth-order valence-electron chi connectivity index (χ4n) is 1.83. The molecule has 0 aliphatic rings. The van der Waals surface area contributed by atoms with Gasteiger partial charge in [-0.15, -0.1) is 0 Å². The molecule has 112 valence electrons. The van der Waals surface area contributed by atoms with E-state index < -0.39 is 0 Å². The fourth-order valence-corrected chi connectivity index (χ4v) is 3.11. The molecule has 0 amide bonds. The van der Waals surface area contributed by atoms with E-state index in [9.17, 15) is 9.90 Å². The lowest BCUT2D eigenvalue weighted by Crippen LogP contribution is -2.42. The van der Waals surface area contributed by atoms with Crippen molar-refractivity contribution in [1.82, 2.24) is 5.32 Å². The maximum absolute atomic E-state index is 11.8. The van der Waals surface area contributed by atoms with Gasteiger partial charge < -0.3 is 15.2 Å². The van der Waals surface area contributed by atoms with E-state index in [1.165, 1.54) is 7.11 Å². The van der Waals surface area contributed by atoms with Gasteiger partial charge in [0.1, 0.15) is 11.8 Å². The highest BCUT2D eigenvalue weighted by atomic mass is 79.9. The van der Waals surface area contributed by atoms with Crippen molar-refractivity contribution < 1.29 is 14.6 Å². The summed E-state index contributed by atoms with van der Waals surface area (Å²) in [5.41, 5.74) is 0.957. The normalized spacial score (nSPS) is 13.8. The predicted molar refractivity (Wildman–Crippen MR) is 85.6 cm³/mol. The largest absolute Gasteiger partial charge is 0.506 e. The van der Waals surface area contributed by atoms with Gasteiger partial charge in [0.2, 0.25) is 0 Å². The second kappa shape index (κ2) is 8.00. The predicted octanol–water partition coefficient (Wildman–Crippen LogP) is 3.59. The molecule has 0 saturated heterocycles. The molecular weight excluding hydrogens is 390 g/mol. The first-order valence-electron chi connectivity index (χ1n) is 6.38. The summed E-state index contributed by atoms with van der Waals surface area (Å²) >= 11 is 6.58. The van der Waals surface area contributed by atoms with Crippen LogP contribution in [0.25, 0.3) is 0 Å². The molecule has 0 fully saturated rings. The summed E-state index contributed by atoms with van der Waals surface area (Å²) in [4.78, 5) is 11.8. The van der Waals surface area contributed by atoms with E-state index in [-0.39, 0.29) is 23.7 Å². The minimum Gasteiger partial charge on any atom is -0.506 e. The second-order valence-corrected chi connectivity index (χ2v) is 6.38. The number of aromatic hydroxyl groups is 1. The van der Waals surface area contributed by atoms with Crippen molar-refractivity contribution in [3.8, 4) is 5.75 Å². The Bertz CT molecular complexity index is 456. The smallest absolute Gasteiger partial charge is 0.323 e. The van der Waals surface area contributed by atoms with Crippen LogP contribution in [0.4, 0.5) is 0 Å². The summed E-state index contributed by atoms with van der Waals surface area (Å²) in [5, 5.41) is 12.9. The van der Waals surface area contributed by atoms with Crippen LogP contribution in [0.15, 0.2) is 21.1 Å². The summed E-state index contributed by atoms with van der Waals surface area (Å²) in [6.45, 7) is 4.56. The third-order valence-corrected chi connectivity index (χ3v) is 4.48. The molecule has 0 bridgehead atoms. The lowest BCUT2D eigenvalue weighted by molar-refractivity contribution is -0.144. The summed E-state index contributed by atoms with van der Waals surface area (Å²) < 4.78 is 6.06. The highest BCUT2D eigenvalue weighted by Gasteiger charge is 2.24. The van der Waals surface area contributed by atoms with Gasteiger partial charge in [0.25, 0.3) is 0 Å². The van der Waals surface area contributed by atoms with Gasteiger partial charge in [0, 0.05) is 6.54 Å². The summed E-state index contributed by atoms with van der Waals surface area (Å²) in [6, 6.07) is 3.30. The number of esters is 1. The van der Waals surface area contributed by atoms with Crippen molar-refractivity contribution in [3.05, 3.63) is 26.6 Å². The number of carbonyl (C=O) groups excluding carboxylic acids is 1. The highest BCUT2D eigenvalue weighted by molar-refractivity contribution is 9.11. The number of nitrogens with one attached hydrogen (secondary N) is 1. The quantitative estimate of drug-likeness (QED) is 0.706. The van der Waals surface area contributed by atoms with Gasteiger partial charge in [-0.1, -0.05) is 20.3 Å². The fraction of sp³-hybridized carbons (Fsp3) is 0.500. The first kappa shape index (κ1) is 17.5. The van der Waals surface area contributed by atoms with Crippen molar-refractivity contribution in [3.63, 3.8) is 0 Å². The number of phenolic OH excluding ortho intramolecular Hbond substituents is 1. The number of hydrogen-bond donors (Lipinski definition) is 2. The van der Waals surface area contributed by atoms with E-state index in [2.05, 4.69) is 37.2 Å². The van der Waals surface area contributed by atoms with Gasteiger partial charge in [0.15, 0.2) is 0 Å². The van der Waals surface area contributed by atoms with E-state index in [1.54, 1.807) is 0 Å². The maximum atomic E-state index is 11.8. The van der Waals surface area contributed by atoms with Gasteiger partial charge >= 0.3 is 5.97 Å². The van der Waals surface area contributed by atoms with Crippen molar-refractivity contribution >= 4 is 37.8 Å². The molecule has 2 atom stereocenters. The van der Waals surface area contributed by atoms with Crippen LogP contribution in [0.2, 0.25) is 0 Å². The average molecular weight is 409 g/mol. The number of halogens is 2. The molecule has 0 aromatic heterocycles. The summed E-state index contributed by atoms with van der Waals surface area (Å²) in [6.07, 6.45) is 0.885. The number of hydrogen-bond acceptors (Lipinski definition) is 4.